The number of rotatable bonds is 4. The van der Waals surface area contributed by atoms with Crippen molar-refractivity contribution < 1.29 is 4.79 Å². The number of carbonyl (C=O) groups is 1. The number of carbonyl (C=O) groups excluding carboxylic acids is 1. The Balaban J connectivity index is 0.00000256. The highest BCUT2D eigenvalue weighted by Crippen LogP contribution is 2.11. The van der Waals surface area contributed by atoms with Gasteiger partial charge in [0.15, 0.2) is 0 Å². The maximum Gasteiger partial charge on any atom is 0.237 e. The Morgan fingerprint density at radius 1 is 1.18 bits per heavy atom. The Hall–Kier alpha value is -1.06. The van der Waals surface area contributed by atoms with Crippen LogP contribution in [0.25, 0.3) is 0 Å². The molecule has 0 aliphatic heterocycles. The third-order valence-corrected chi connectivity index (χ3v) is 2.68. The number of halogens is 1. The molecule has 1 aromatic rings. The van der Waals surface area contributed by atoms with Crippen molar-refractivity contribution in [3.8, 4) is 0 Å². The van der Waals surface area contributed by atoms with Gasteiger partial charge in [-0.2, -0.15) is 0 Å². The molecule has 2 atom stereocenters. The van der Waals surface area contributed by atoms with Crippen LogP contribution in [0.5, 0.6) is 0 Å². The summed E-state index contributed by atoms with van der Waals surface area (Å²) in [6, 6.07) is 9.42. The van der Waals surface area contributed by atoms with Crippen molar-refractivity contribution in [2.75, 3.05) is 0 Å². The maximum atomic E-state index is 11.7. The van der Waals surface area contributed by atoms with Crippen molar-refractivity contribution >= 4 is 18.3 Å². The molecule has 3 nitrogen and oxygen atoms in total. The van der Waals surface area contributed by atoms with E-state index < -0.39 is 6.04 Å². The van der Waals surface area contributed by atoms with Crippen LogP contribution in [0, 0.1) is 5.92 Å². The van der Waals surface area contributed by atoms with Gasteiger partial charge >= 0.3 is 0 Å². The van der Waals surface area contributed by atoms with Crippen molar-refractivity contribution in [2.45, 2.75) is 32.9 Å². The average molecular weight is 257 g/mol. The molecule has 3 N–H and O–H groups in total. The fourth-order valence-electron chi connectivity index (χ4n) is 1.44. The molecule has 0 bridgehead atoms. The first-order valence-corrected chi connectivity index (χ1v) is 5.63. The van der Waals surface area contributed by atoms with Gasteiger partial charge in [0.05, 0.1) is 12.1 Å². The molecule has 1 rings (SSSR count). The predicted molar refractivity (Wildman–Crippen MR) is 73.1 cm³/mol. The van der Waals surface area contributed by atoms with Gasteiger partial charge in [-0.25, -0.2) is 0 Å². The van der Waals surface area contributed by atoms with Gasteiger partial charge < -0.3 is 11.1 Å². The third kappa shape index (κ3) is 4.75. The Morgan fingerprint density at radius 3 is 2.18 bits per heavy atom. The number of hydrogen-bond donors (Lipinski definition) is 2. The van der Waals surface area contributed by atoms with Gasteiger partial charge in [-0.05, 0) is 18.4 Å². The van der Waals surface area contributed by atoms with E-state index in [-0.39, 0.29) is 30.3 Å². The second-order valence-electron chi connectivity index (χ2n) is 4.41. The Labute approximate surface area is 109 Å². The summed E-state index contributed by atoms with van der Waals surface area (Å²) in [5.74, 6) is 0.0642. The molecule has 96 valence electrons. The highest BCUT2D eigenvalue weighted by atomic mass is 35.5. The molecule has 0 spiro atoms. The van der Waals surface area contributed by atoms with Crippen LogP contribution in [0.2, 0.25) is 0 Å². The summed E-state index contributed by atoms with van der Waals surface area (Å²) < 4.78 is 0. The fraction of sp³-hybridized carbons (Fsp3) is 0.462. The molecule has 0 radical (unpaired) electrons. The molecule has 0 fully saturated rings. The van der Waals surface area contributed by atoms with E-state index in [2.05, 4.69) is 5.32 Å². The van der Waals surface area contributed by atoms with Crippen LogP contribution >= 0.6 is 12.4 Å². The van der Waals surface area contributed by atoms with Crippen LogP contribution < -0.4 is 11.1 Å². The monoisotopic (exact) mass is 256 g/mol. The Kier molecular flexibility index (Phi) is 6.85. The normalized spacial score (nSPS) is 13.7. The second-order valence-corrected chi connectivity index (χ2v) is 4.41. The van der Waals surface area contributed by atoms with Gasteiger partial charge in [-0.1, -0.05) is 44.2 Å². The SMILES string of the molecule is CC(NC(=O)C(N)C(C)C)c1ccccc1.Cl. The number of nitrogens with one attached hydrogen (secondary N) is 1. The summed E-state index contributed by atoms with van der Waals surface area (Å²) in [5, 5.41) is 2.91. The summed E-state index contributed by atoms with van der Waals surface area (Å²) in [6.45, 7) is 5.84. The minimum Gasteiger partial charge on any atom is -0.348 e. The summed E-state index contributed by atoms with van der Waals surface area (Å²) in [4.78, 5) is 11.7. The fourth-order valence-corrected chi connectivity index (χ4v) is 1.44. The lowest BCUT2D eigenvalue weighted by Crippen LogP contribution is -2.44. The van der Waals surface area contributed by atoms with Crippen LogP contribution in [-0.4, -0.2) is 11.9 Å². The van der Waals surface area contributed by atoms with E-state index in [1.165, 1.54) is 0 Å². The quantitative estimate of drug-likeness (QED) is 0.868. The lowest BCUT2D eigenvalue weighted by Gasteiger charge is -2.19. The summed E-state index contributed by atoms with van der Waals surface area (Å²) in [7, 11) is 0. The van der Waals surface area contributed by atoms with Gasteiger partial charge in [0, 0.05) is 0 Å². The van der Waals surface area contributed by atoms with Crippen LogP contribution in [-0.2, 0) is 4.79 Å². The molecule has 1 amide bonds. The molecular formula is C13H21ClN2O. The molecule has 0 aliphatic rings. The molecule has 0 saturated carbocycles. The maximum absolute atomic E-state index is 11.7. The zero-order valence-electron chi connectivity index (χ0n) is 10.5. The van der Waals surface area contributed by atoms with Crippen LogP contribution in [0.15, 0.2) is 30.3 Å². The van der Waals surface area contributed by atoms with Gasteiger partial charge in [0.1, 0.15) is 0 Å². The Morgan fingerprint density at radius 2 is 1.71 bits per heavy atom. The van der Waals surface area contributed by atoms with E-state index in [9.17, 15) is 4.79 Å². The average Bonchev–Trinajstić information content (AvgIpc) is 2.28. The zero-order valence-corrected chi connectivity index (χ0v) is 11.3. The standard InChI is InChI=1S/C13H20N2O.ClH/c1-9(2)12(14)13(16)15-10(3)11-7-5-4-6-8-11;/h4-10,12H,14H2,1-3H3,(H,15,16);1H. The van der Waals surface area contributed by atoms with Gasteiger partial charge in [0.25, 0.3) is 0 Å². The number of nitrogens with two attached hydrogens (primary N) is 1. The van der Waals surface area contributed by atoms with Gasteiger partial charge in [-0.3, -0.25) is 4.79 Å². The van der Waals surface area contributed by atoms with Crippen molar-refractivity contribution in [3.05, 3.63) is 35.9 Å². The van der Waals surface area contributed by atoms with E-state index in [1.807, 2.05) is 51.1 Å². The number of amides is 1. The van der Waals surface area contributed by atoms with E-state index in [0.717, 1.165) is 5.56 Å². The van der Waals surface area contributed by atoms with Crippen molar-refractivity contribution in [1.82, 2.24) is 5.32 Å². The number of hydrogen-bond acceptors (Lipinski definition) is 2. The van der Waals surface area contributed by atoms with Crippen LogP contribution in [0.1, 0.15) is 32.4 Å². The summed E-state index contributed by atoms with van der Waals surface area (Å²) >= 11 is 0. The van der Waals surface area contributed by atoms with Crippen molar-refractivity contribution in [2.24, 2.45) is 11.7 Å². The highest BCUT2D eigenvalue weighted by Gasteiger charge is 2.19. The van der Waals surface area contributed by atoms with Crippen molar-refractivity contribution in [1.29, 1.82) is 0 Å². The lowest BCUT2D eigenvalue weighted by atomic mass is 10.0. The molecular weight excluding hydrogens is 236 g/mol. The topological polar surface area (TPSA) is 55.1 Å². The van der Waals surface area contributed by atoms with E-state index in [4.69, 9.17) is 5.73 Å². The molecule has 17 heavy (non-hydrogen) atoms. The van der Waals surface area contributed by atoms with Crippen molar-refractivity contribution in [3.63, 3.8) is 0 Å². The smallest absolute Gasteiger partial charge is 0.237 e. The lowest BCUT2D eigenvalue weighted by molar-refractivity contribution is -0.123. The highest BCUT2D eigenvalue weighted by molar-refractivity contribution is 5.85. The first-order chi connectivity index (χ1) is 7.52. The molecule has 0 aliphatic carbocycles. The largest absolute Gasteiger partial charge is 0.348 e. The minimum absolute atomic E-state index is 0. The summed E-state index contributed by atoms with van der Waals surface area (Å²) in [6.07, 6.45) is 0. The second kappa shape index (κ2) is 7.30. The third-order valence-electron chi connectivity index (χ3n) is 2.68. The molecule has 0 aromatic heterocycles. The Bertz CT molecular complexity index is 341. The minimum atomic E-state index is -0.439. The number of benzene rings is 1. The van der Waals surface area contributed by atoms with E-state index in [1.54, 1.807) is 0 Å². The molecule has 2 unspecified atom stereocenters. The molecule has 1 aromatic carbocycles. The van der Waals surface area contributed by atoms with Crippen LogP contribution in [0.3, 0.4) is 0 Å². The predicted octanol–water partition coefficient (Wildman–Crippen LogP) is 2.27. The summed E-state index contributed by atoms with van der Waals surface area (Å²) in [5.41, 5.74) is 6.86. The molecule has 0 heterocycles. The van der Waals surface area contributed by atoms with Gasteiger partial charge in [0.2, 0.25) is 5.91 Å². The zero-order chi connectivity index (χ0) is 12.1. The van der Waals surface area contributed by atoms with E-state index in [0.29, 0.717) is 0 Å². The van der Waals surface area contributed by atoms with E-state index >= 15 is 0 Å². The first kappa shape index (κ1) is 15.9. The first-order valence-electron chi connectivity index (χ1n) is 5.63. The molecule has 4 heteroatoms. The molecule has 0 saturated heterocycles. The van der Waals surface area contributed by atoms with Gasteiger partial charge in [-0.15, -0.1) is 12.4 Å². The van der Waals surface area contributed by atoms with Crippen LogP contribution in [0.4, 0.5) is 0 Å².